The number of nitrogens with two attached hydrogens (primary N) is 1. The number of urea groups is 1. The number of benzene rings is 3. The molecule has 0 aliphatic carbocycles. The van der Waals surface area contributed by atoms with Gasteiger partial charge in [0.1, 0.15) is 5.84 Å². The maximum Gasteiger partial charge on any atom is 0.322 e. The fraction of sp³-hybridized carbons (Fsp3) is 0.167. The quantitative estimate of drug-likeness (QED) is 0.225. The molecule has 1 unspecified atom stereocenters. The fourth-order valence-corrected chi connectivity index (χ4v) is 3.73. The summed E-state index contributed by atoms with van der Waals surface area (Å²) >= 11 is -2.52. The molecule has 172 valence electrons. The van der Waals surface area contributed by atoms with E-state index in [1.807, 2.05) is 50.2 Å². The van der Waals surface area contributed by atoms with Crippen LogP contribution in [0.1, 0.15) is 25.0 Å². The minimum Gasteiger partial charge on any atom is -0.755 e. The van der Waals surface area contributed by atoms with E-state index in [1.54, 1.807) is 41.3 Å². The molecule has 0 heterocycles. The second-order valence-corrected chi connectivity index (χ2v) is 8.40. The molecule has 0 spiro atoms. The summed E-state index contributed by atoms with van der Waals surface area (Å²) in [5.74, 6) is -0.0355. The Morgan fingerprint density at radius 1 is 1.09 bits per heavy atom. The van der Waals surface area contributed by atoms with Gasteiger partial charge in [0.05, 0.1) is 5.69 Å². The first kappa shape index (κ1) is 24.0. The number of rotatable bonds is 8. The van der Waals surface area contributed by atoms with Crippen LogP contribution in [-0.4, -0.2) is 31.6 Å². The molecule has 0 aromatic heterocycles. The molecule has 9 heteroatoms. The SMILES string of the molecule is CC(C)N(Cc1cccc(C(=N)N)c1)C(=O)Nc1ccc(-c2ccccc2)c(NS(=O)[O-])c1. The zero-order valence-electron chi connectivity index (χ0n) is 18.4. The van der Waals surface area contributed by atoms with Gasteiger partial charge in [-0.3, -0.25) is 9.62 Å². The highest BCUT2D eigenvalue weighted by Crippen LogP contribution is 2.31. The third kappa shape index (κ3) is 6.41. The number of nitrogen functional groups attached to an aromatic ring is 1. The van der Waals surface area contributed by atoms with Crippen molar-refractivity contribution >= 4 is 34.5 Å². The number of carbonyl (C=O) groups is 1. The summed E-state index contributed by atoms with van der Waals surface area (Å²) in [6, 6.07) is 21.2. The molecule has 0 saturated heterocycles. The number of anilines is 2. The van der Waals surface area contributed by atoms with E-state index >= 15 is 0 Å². The normalized spacial score (nSPS) is 11.6. The third-order valence-electron chi connectivity index (χ3n) is 5.02. The third-order valence-corrected chi connectivity index (χ3v) is 5.41. The van der Waals surface area contributed by atoms with Crippen molar-refractivity contribution in [2.45, 2.75) is 26.4 Å². The second kappa shape index (κ2) is 10.8. The lowest BCUT2D eigenvalue weighted by molar-refractivity contribution is 0.193. The van der Waals surface area contributed by atoms with E-state index in [0.29, 0.717) is 29.0 Å². The Hall–Kier alpha value is -3.69. The Morgan fingerprint density at radius 3 is 2.45 bits per heavy atom. The predicted octanol–water partition coefficient (Wildman–Crippen LogP) is 4.29. The first-order valence-electron chi connectivity index (χ1n) is 10.3. The number of hydrogen-bond donors (Lipinski definition) is 4. The summed E-state index contributed by atoms with van der Waals surface area (Å²) in [6.45, 7) is 4.13. The van der Waals surface area contributed by atoms with E-state index in [-0.39, 0.29) is 17.9 Å². The molecule has 0 fully saturated rings. The molecule has 2 amide bonds. The summed E-state index contributed by atoms with van der Waals surface area (Å²) in [7, 11) is 0. The summed E-state index contributed by atoms with van der Waals surface area (Å²) in [5.41, 5.74) is 9.37. The van der Waals surface area contributed by atoms with E-state index in [1.165, 1.54) is 0 Å². The first-order valence-corrected chi connectivity index (χ1v) is 11.4. The molecule has 3 rings (SSSR count). The van der Waals surface area contributed by atoms with Gasteiger partial charge in [-0.25, -0.2) is 4.79 Å². The van der Waals surface area contributed by atoms with E-state index in [9.17, 15) is 13.6 Å². The highest BCUT2D eigenvalue weighted by Gasteiger charge is 2.18. The van der Waals surface area contributed by atoms with Crippen molar-refractivity contribution in [2.24, 2.45) is 5.73 Å². The Kier molecular flexibility index (Phi) is 7.81. The molecular weight excluding hydrogens is 438 g/mol. The Morgan fingerprint density at radius 2 is 1.82 bits per heavy atom. The highest BCUT2D eigenvalue weighted by atomic mass is 32.2. The van der Waals surface area contributed by atoms with Gasteiger partial charge in [0, 0.05) is 40.7 Å². The molecule has 0 saturated carbocycles. The predicted molar refractivity (Wildman–Crippen MR) is 132 cm³/mol. The average molecular weight is 465 g/mol. The van der Waals surface area contributed by atoms with E-state index in [2.05, 4.69) is 10.0 Å². The van der Waals surface area contributed by atoms with Crippen LogP contribution in [0.2, 0.25) is 0 Å². The zero-order chi connectivity index (χ0) is 24.0. The van der Waals surface area contributed by atoms with Gasteiger partial charge in [0.15, 0.2) is 0 Å². The number of amides is 2. The summed E-state index contributed by atoms with van der Waals surface area (Å²) in [4.78, 5) is 14.7. The van der Waals surface area contributed by atoms with Crippen LogP contribution in [0.15, 0.2) is 72.8 Å². The van der Waals surface area contributed by atoms with E-state index in [4.69, 9.17) is 11.1 Å². The topological polar surface area (TPSA) is 134 Å². The molecule has 3 aromatic rings. The van der Waals surface area contributed by atoms with Crippen molar-refractivity contribution in [3.05, 3.63) is 83.9 Å². The van der Waals surface area contributed by atoms with Crippen molar-refractivity contribution in [1.29, 1.82) is 5.41 Å². The number of hydrogen-bond acceptors (Lipinski definition) is 4. The lowest BCUT2D eigenvalue weighted by atomic mass is 10.0. The van der Waals surface area contributed by atoms with Crippen LogP contribution in [0.25, 0.3) is 11.1 Å². The lowest BCUT2D eigenvalue weighted by Crippen LogP contribution is -2.39. The standard InChI is InChI=1S/C24H27N5O3S/c1-16(2)29(15-17-7-6-10-19(13-17)23(25)26)24(30)27-20-11-12-21(18-8-4-3-5-9-18)22(14-20)28-33(31)32/h3-14,16,28H,15H2,1-2H3,(H3,25,26)(H,27,30)(H,31,32)/p-1. The van der Waals surface area contributed by atoms with Crippen LogP contribution in [0, 0.1) is 5.41 Å². The van der Waals surface area contributed by atoms with E-state index < -0.39 is 11.3 Å². The van der Waals surface area contributed by atoms with Gasteiger partial charge in [-0.1, -0.05) is 54.6 Å². The lowest BCUT2D eigenvalue weighted by Gasteiger charge is -2.27. The highest BCUT2D eigenvalue weighted by molar-refractivity contribution is 7.80. The maximum atomic E-state index is 13.1. The smallest absolute Gasteiger partial charge is 0.322 e. The molecular formula is C24H26N5O3S-. The van der Waals surface area contributed by atoms with Crippen LogP contribution in [-0.2, 0) is 17.8 Å². The van der Waals surface area contributed by atoms with E-state index in [0.717, 1.165) is 11.1 Å². The summed E-state index contributed by atoms with van der Waals surface area (Å²) in [5, 5.41) is 10.5. The molecule has 8 nitrogen and oxygen atoms in total. The molecule has 3 aromatic carbocycles. The van der Waals surface area contributed by atoms with Gasteiger partial charge in [-0.15, -0.1) is 0 Å². The molecule has 33 heavy (non-hydrogen) atoms. The van der Waals surface area contributed by atoms with Crippen molar-refractivity contribution in [3.63, 3.8) is 0 Å². The number of nitrogens with zero attached hydrogens (tertiary/aromatic N) is 1. The Balaban J connectivity index is 1.84. The van der Waals surface area contributed by atoms with Crippen LogP contribution in [0.5, 0.6) is 0 Å². The molecule has 1 atom stereocenters. The minimum absolute atomic E-state index is 0.0355. The maximum absolute atomic E-state index is 13.1. The van der Waals surface area contributed by atoms with Gasteiger partial charge < -0.3 is 25.2 Å². The molecule has 0 bridgehead atoms. The van der Waals surface area contributed by atoms with Crippen LogP contribution in [0.3, 0.4) is 0 Å². The summed E-state index contributed by atoms with van der Waals surface area (Å²) in [6.07, 6.45) is 0. The second-order valence-electron chi connectivity index (χ2n) is 7.73. The van der Waals surface area contributed by atoms with Crippen LogP contribution in [0.4, 0.5) is 16.2 Å². The monoisotopic (exact) mass is 464 g/mol. The number of nitrogens with one attached hydrogen (secondary N) is 3. The summed E-state index contributed by atoms with van der Waals surface area (Å²) < 4.78 is 25.1. The Bertz CT molecular complexity index is 1170. The van der Waals surface area contributed by atoms with Crippen molar-refractivity contribution < 1.29 is 13.6 Å². The largest absolute Gasteiger partial charge is 0.755 e. The van der Waals surface area contributed by atoms with Gasteiger partial charge in [-0.05, 0) is 43.2 Å². The van der Waals surface area contributed by atoms with Gasteiger partial charge in [0.25, 0.3) is 0 Å². The molecule has 0 aliphatic heterocycles. The number of amidine groups is 1. The van der Waals surface area contributed by atoms with Gasteiger partial charge >= 0.3 is 6.03 Å². The van der Waals surface area contributed by atoms with Crippen LogP contribution >= 0.6 is 0 Å². The molecule has 0 aliphatic rings. The van der Waals surface area contributed by atoms with Gasteiger partial charge in [-0.2, -0.15) is 0 Å². The first-order chi connectivity index (χ1) is 15.7. The van der Waals surface area contributed by atoms with Crippen molar-refractivity contribution in [1.82, 2.24) is 4.90 Å². The fourth-order valence-electron chi connectivity index (χ4n) is 3.38. The van der Waals surface area contributed by atoms with Crippen molar-refractivity contribution in [2.75, 3.05) is 10.0 Å². The van der Waals surface area contributed by atoms with Crippen LogP contribution < -0.4 is 15.8 Å². The number of carbonyl (C=O) groups excluding carboxylic acids is 1. The van der Waals surface area contributed by atoms with Gasteiger partial charge in [0.2, 0.25) is 0 Å². The minimum atomic E-state index is -2.52. The molecule has 5 N–H and O–H groups in total. The Labute approximate surface area is 195 Å². The molecule has 0 radical (unpaired) electrons. The zero-order valence-corrected chi connectivity index (χ0v) is 19.2. The average Bonchev–Trinajstić information content (AvgIpc) is 2.77. The van der Waals surface area contributed by atoms with Crippen molar-refractivity contribution in [3.8, 4) is 11.1 Å².